The third-order valence-corrected chi connectivity index (χ3v) is 6.82. The van der Waals surface area contributed by atoms with Crippen LogP contribution in [0.25, 0.3) is 53.9 Å². The smallest absolute Gasteiger partial charge is 0.0113 e. The molecule has 1 aliphatic rings. The highest BCUT2D eigenvalue weighted by molar-refractivity contribution is 6.12. The first kappa shape index (κ1) is 15.5. The van der Waals surface area contributed by atoms with E-state index in [1.165, 1.54) is 78.7 Å². The first-order chi connectivity index (χ1) is 14.3. The van der Waals surface area contributed by atoms with Gasteiger partial charge in [0.1, 0.15) is 0 Å². The van der Waals surface area contributed by atoms with Gasteiger partial charge in [0, 0.05) is 0 Å². The van der Waals surface area contributed by atoms with E-state index in [-0.39, 0.29) is 0 Å². The maximum Gasteiger partial charge on any atom is -0.0113 e. The minimum absolute atomic E-state index is 1.19. The molecule has 0 N–H and O–H groups in total. The van der Waals surface area contributed by atoms with Crippen LogP contribution in [-0.2, 0) is 12.8 Å². The lowest BCUT2D eigenvalue weighted by Crippen LogP contribution is -2.02. The molecule has 0 heterocycles. The first-order valence-electron chi connectivity index (χ1n) is 10.6. The summed E-state index contributed by atoms with van der Waals surface area (Å²) in [5.41, 5.74) is 3.08. The molecule has 0 unspecified atom stereocenters. The maximum absolute atomic E-state index is 2.44. The normalized spacial score (nSPS) is 13.8. The summed E-state index contributed by atoms with van der Waals surface area (Å²) in [5.74, 6) is 0. The van der Waals surface area contributed by atoms with Crippen LogP contribution in [0.5, 0.6) is 0 Å². The molecule has 6 aromatic carbocycles. The van der Waals surface area contributed by atoms with Crippen molar-refractivity contribution >= 4 is 53.9 Å². The van der Waals surface area contributed by atoms with Crippen LogP contribution in [0.4, 0.5) is 0 Å². The fourth-order valence-corrected chi connectivity index (χ4v) is 5.48. The van der Waals surface area contributed by atoms with Crippen LogP contribution in [0.15, 0.2) is 84.9 Å². The topological polar surface area (TPSA) is 0 Å². The van der Waals surface area contributed by atoms with Gasteiger partial charge in [0.05, 0.1) is 0 Å². The summed E-state index contributed by atoms with van der Waals surface area (Å²) in [7, 11) is 0. The van der Waals surface area contributed by atoms with Gasteiger partial charge in [-0.15, -0.1) is 0 Å². The van der Waals surface area contributed by atoms with Crippen LogP contribution in [0.3, 0.4) is 0 Å². The van der Waals surface area contributed by atoms with E-state index in [2.05, 4.69) is 84.9 Å². The number of hydrogen-bond donors (Lipinski definition) is 0. The van der Waals surface area contributed by atoms with E-state index in [1.807, 2.05) is 0 Å². The molecule has 0 radical (unpaired) electrons. The third-order valence-electron chi connectivity index (χ3n) is 6.82. The number of aryl methyl sites for hydroxylation is 2. The Labute approximate surface area is 169 Å². The molecule has 136 valence electrons. The number of benzene rings is 6. The minimum Gasteiger partial charge on any atom is -0.0616 e. The lowest BCUT2D eigenvalue weighted by atomic mass is 9.84. The lowest BCUT2D eigenvalue weighted by molar-refractivity contribution is 0.813. The fourth-order valence-electron chi connectivity index (χ4n) is 5.48. The maximum atomic E-state index is 2.44. The van der Waals surface area contributed by atoms with Gasteiger partial charge in [-0.05, 0) is 127 Å². The van der Waals surface area contributed by atoms with Gasteiger partial charge in [-0.3, -0.25) is 0 Å². The Hall–Kier alpha value is -3.38. The standard InChI is InChI=1S/C29H20/c1-2-6-20-12-23-15-25-17-28-26(16-24(25)14-22(23)11-19(20)5-1)13-21-9-3-7-18-8-4-10-27(28)29(18)21/h1-3,5-7,9,11-17H,4,8,10H2. The van der Waals surface area contributed by atoms with E-state index >= 15 is 0 Å². The van der Waals surface area contributed by atoms with Gasteiger partial charge >= 0.3 is 0 Å². The van der Waals surface area contributed by atoms with Crippen molar-refractivity contribution in [2.75, 3.05) is 0 Å². The van der Waals surface area contributed by atoms with Crippen LogP contribution in [0, 0.1) is 0 Å². The van der Waals surface area contributed by atoms with Gasteiger partial charge in [-0.2, -0.15) is 0 Å². The summed E-state index contributed by atoms with van der Waals surface area (Å²) in [5, 5.41) is 13.7. The van der Waals surface area contributed by atoms with Gasteiger partial charge in [0.15, 0.2) is 0 Å². The van der Waals surface area contributed by atoms with Gasteiger partial charge in [-0.25, -0.2) is 0 Å². The van der Waals surface area contributed by atoms with Crippen LogP contribution in [0.1, 0.15) is 17.5 Å². The van der Waals surface area contributed by atoms with Crippen molar-refractivity contribution in [1.82, 2.24) is 0 Å². The molecule has 0 fully saturated rings. The zero-order valence-electron chi connectivity index (χ0n) is 16.2. The second-order valence-electron chi connectivity index (χ2n) is 8.54. The summed E-state index contributed by atoms with van der Waals surface area (Å²) >= 11 is 0. The summed E-state index contributed by atoms with van der Waals surface area (Å²) in [6, 6.07) is 32.1. The Morgan fingerprint density at radius 1 is 0.448 bits per heavy atom. The molecule has 0 heteroatoms. The molecule has 0 amide bonds. The van der Waals surface area contributed by atoms with Crippen LogP contribution in [-0.4, -0.2) is 0 Å². The van der Waals surface area contributed by atoms with Crippen molar-refractivity contribution in [3.63, 3.8) is 0 Å². The molecule has 0 spiro atoms. The summed E-state index contributed by atoms with van der Waals surface area (Å²) in [4.78, 5) is 0. The SMILES string of the molecule is c1ccc2cc3cc4cc5c6c7c(cccc7cc5cc4cc3cc2c1)CCC6. The highest BCUT2D eigenvalue weighted by atomic mass is 14.2. The second-order valence-corrected chi connectivity index (χ2v) is 8.54. The van der Waals surface area contributed by atoms with E-state index < -0.39 is 0 Å². The predicted molar refractivity (Wildman–Crippen MR) is 126 cm³/mol. The molecule has 0 saturated heterocycles. The molecule has 0 saturated carbocycles. The average Bonchev–Trinajstić information content (AvgIpc) is 2.75. The van der Waals surface area contributed by atoms with Crippen molar-refractivity contribution in [3.05, 3.63) is 96.1 Å². The monoisotopic (exact) mass is 368 g/mol. The average molecular weight is 368 g/mol. The van der Waals surface area contributed by atoms with E-state index in [4.69, 9.17) is 0 Å². The summed E-state index contributed by atoms with van der Waals surface area (Å²) in [6.45, 7) is 0. The molecular formula is C29H20. The molecule has 0 atom stereocenters. The van der Waals surface area contributed by atoms with E-state index in [9.17, 15) is 0 Å². The predicted octanol–water partition coefficient (Wildman–Crippen LogP) is 7.94. The fraction of sp³-hybridized carbons (Fsp3) is 0.103. The Kier molecular flexibility index (Phi) is 2.99. The zero-order valence-corrected chi connectivity index (χ0v) is 16.2. The Morgan fingerprint density at radius 2 is 1.03 bits per heavy atom. The number of rotatable bonds is 0. The molecular weight excluding hydrogens is 348 g/mol. The largest absolute Gasteiger partial charge is 0.0616 e. The van der Waals surface area contributed by atoms with E-state index in [1.54, 1.807) is 5.56 Å². The molecule has 0 aromatic heterocycles. The third kappa shape index (κ3) is 2.20. The van der Waals surface area contributed by atoms with Crippen molar-refractivity contribution in [2.45, 2.75) is 19.3 Å². The van der Waals surface area contributed by atoms with Crippen molar-refractivity contribution in [3.8, 4) is 0 Å². The Bertz CT molecular complexity index is 1620. The van der Waals surface area contributed by atoms with Crippen LogP contribution >= 0.6 is 0 Å². The zero-order chi connectivity index (χ0) is 18.9. The highest BCUT2D eigenvalue weighted by Gasteiger charge is 2.16. The highest BCUT2D eigenvalue weighted by Crippen LogP contribution is 2.38. The molecule has 1 aliphatic carbocycles. The number of fused-ring (bicyclic) bond motifs is 5. The second kappa shape index (κ2) is 5.58. The summed E-state index contributed by atoms with van der Waals surface area (Å²) in [6.07, 6.45) is 3.66. The number of hydrogen-bond acceptors (Lipinski definition) is 0. The van der Waals surface area contributed by atoms with Gasteiger partial charge in [-0.1, -0.05) is 42.5 Å². The molecule has 7 rings (SSSR count). The van der Waals surface area contributed by atoms with E-state index in [0.29, 0.717) is 0 Å². The van der Waals surface area contributed by atoms with Crippen molar-refractivity contribution in [1.29, 1.82) is 0 Å². The van der Waals surface area contributed by atoms with Gasteiger partial charge < -0.3 is 0 Å². The molecule has 0 nitrogen and oxygen atoms in total. The Balaban J connectivity index is 1.61. The molecule has 0 aliphatic heterocycles. The molecule has 0 bridgehead atoms. The van der Waals surface area contributed by atoms with Gasteiger partial charge in [0.25, 0.3) is 0 Å². The quantitative estimate of drug-likeness (QED) is 0.239. The first-order valence-corrected chi connectivity index (χ1v) is 10.6. The Morgan fingerprint density at radius 3 is 1.79 bits per heavy atom. The van der Waals surface area contributed by atoms with Crippen molar-refractivity contribution in [2.24, 2.45) is 0 Å². The van der Waals surface area contributed by atoms with E-state index in [0.717, 1.165) is 0 Å². The molecule has 6 aromatic rings. The lowest BCUT2D eigenvalue weighted by Gasteiger charge is -2.20. The summed E-state index contributed by atoms with van der Waals surface area (Å²) < 4.78 is 0. The minimum atomic E-state index is 1.19. The molecule has 29 heavy (non-hydrogen) atoms. The van der Waals surface area contributed by atoms with Crippen LogP contribution in [0.2, 0.25) is 0 Å². The van der Waals surface area contributed by atoms with Crippen molar-refractivity contribution < 1.29 is 0 Å². The van der Waals surface area contributed by atoms with Crippen LogP contribution < -0.4 is 0 Å². The van der Waals surface area contributed by atoms with Gasteiger partial charge in [0.2, 0.25) is 0 Å².